The average molecular weight is 266 g/mol. The molecule has 0 aliphatic heterocycles. The molecular formula is C13H18N2O4. The summed E-state index contributed by atoms with van der Waals surface area (Å²) in [6.07, 6.45) is 0. The minimum Gasteiger partial charge on any atom is -0.495 e. The maximum absolute atomic E-state index is 11.7. The first-order valence-electron chi connectivity index (χ1n) is 5.81. The van der Waals surface area contributed by atoms with Gasteiger partial charge in [0.05, 0.1) is 19.4 Å². The monoisotopic (exact) mass is 266 g/mol. The first-order valence-corrected chi connectivity index (χ1v) is 5.81. The quantitative estimate of drug-likeness (QED) is 0.607. The molecule has 1 aromatic rings. The summed E-state index contributed by atoms with van der Waals surface area (Å²) in [6, 6.07) is 5.32. The summed E-state index contributed by atoms with van der Waals surface area (Å²) in [7, 11) is 3.02. The zero-order valence-electron chi connectivity index (χ0n) is 11.3. The summed E-state index contributed by atoms with van der Waals surface area (Å²) in [6.45, 7) is 2.52. The van der Waals surface area contributed by atoms with E-state index in [-0.39, 0.29) is 6.54 Å². The fourth-order valence-electron chi connectivity index (χ4n) is 1.45. The van der Waals surface area contributed by atoms with Gasteiger partial charge in [0, 0.05) is 13.7 Å². The van der Waals surface area contributed by atoms with Crippen molar-refractivity contribution in [3.8, 4) is 5.75 Å². The van der Waals surface area contributed by atoms with Crippen LogP contribution in [0.2, 0.25) is 0 Å². The van der Waals surface area contributed by atoms with Crippen LogP contribution in [0.5, 0.6) is 5.75 Å². The Hall–Kier alpha value is -2.08. The third-order valence-electron chi connectivity index (χ3n) is 2.40. The molecule has 6 heteroatoms. The predicted molar refractivity (Wildman–Crippen MR) is 71.2 cm³/mol. The summed E-state index contributed by atoms with van der Waals surface area (Å²) in [5.41, 5.74) is 1.42. The molecule has 0 fully saturated rings. The molecule has 6 nitrogen and oxygen atoms in total. The highest BCUT2D eigenvalue weighted by molar-refractivity contribution is 6.39. The van der Waals surface area contributed by atoms with Crippen molar-refractivity contribution >= 4 is 17.5 Å². The van der Waals surface area contributed by atoms with Crippen LogP contribution in [0, 0.1) is 6.92 Å². The van der Waals surface area contributed by atoms with Crippen molar-refractivity contribution in [2.75, 3.05) is 32.7 Å². The van der Waals surface area contributed by atoms with Gasteiger partial charge in [-0.3, -0.25) is 9.59 Å². The molecule has 0 saturated heterocycles. The topological polar surface area (TPSA) is 76.7 Å². The van der Waals surface area contributed by atoms with E-state index in [1.165, 1.54) is 14.2 Å². The molecular weight excluding hydrogens is 248 g/mol. The maximum atomic E-state index is 11.7. The second kappa shape index (κ2) is 7.38. The lowest BCUT2D eigenvalue weighted by Gasteiger charge is -2.10. The number of benzene rings is 1. The number of carbonyl (C=O) groups excluding carboxylic acids is 2. The molecule has 0 aliphatic rings. The molecule has 0 radical (unpaired) electrons. The van der Waals surface area contributed by atoms with Gasteiger partial charge in [-0.15, -0.1) is 0 Å². The Morgan fingerprint density at radius 1 is 1.21 bits per heavy atom. The van der Waals surface area contributed by atoms with Crippen molar-refractivity contribution in [3.63, 3.8) is 0 Å². The standard InChI is InChI=1S/C13H18N2O4/c1-9-4-5-11(19-3)10(8-9)15-13(17)12(16)14-6-7-18-2/h4-5,8H,6-7H2,1-3H3,(H,14,16)(H,15,17). The largest absolute Gasteiger partial charge is 0.495 e. The third-order valence-corrected chi connectivity index (χ3v) is 2.40. The number of aryl methyl sites for hydroxylation is 1. The lowest BCUT2D eigenvalue weighted by molar-refractivity contribution is -0.136. The number of nitrogens with one attached hydrogen (secondary N) is 2. The van der Waals surface area contributed by atoms with Crippen LogP contribution in [0.3, 0.4) is 0 Å². The molecule has 0 bridgehead atoms. The summed E-state index contributed by atoms with van der Waals surface area (Å²) in [5.74, 6) is -0.941. The van der Waals surface area contributed by atoms with Crippen LogP contribution in [0.15, 0.2) is 18.2 Å². The number of rotatable bonds is 5. The highest BCUT2D eigenvalue weighted by atomic mass is 16.5. The summed E-state index contributed by atoms with van der Waals surface area (Å²) < 4.78 is 9.89. The van der Waals surface area contributed by atoms with Crippen molar-refractivity contribution in [1.29, 1.82) is 0 Å². The molecule has 0 unspecified atom stereocenters. The maximum Gasteiger partial charge on any atom is 0.313 e. The van der Waals surface area contributed by atoms with Gasteiger partial charge in [-0.1, -0.05) is 6.07 Å². The summed E-state index contributed by atoms with van der Waals surface area (Å²) in [5, 5.41) is 4.95. The molecule has 19 heavy (non-hydrogen) atoms. The Kier molecular flexibility index (Phi) is 5.81. The highest BCUT2D eigenvalue weighted by Crippen LogP contribution is 2.24. The fourth-order valence-corrected chi connectivity index (χ4v) is 1.45. The molecule has 0 atom stereocenters. The Balaban J connectivity index is 2.65. The number of methoxy groups -OCH3 is 2. The summed E-state index contributed by atoms with van der Waals surface area (Å²) >= 11 is 0. The average Bonchev–Trinajstić information content (AvgIpc) is 2.39. The van der Waals surface area contributed by atoms with Crippen LogP contribution in [0.25, 0.3) is 0 Å². The van der Waals surface area contributed by atoms with Crippen molar-refractivity contribution in [2.24, 2.45) is 0 Å². The van der Waals surface area contributed by atoms with Crippen LogP contribution in [0.1, 0.15) is 5.56 Å². The van der Waals surface area contributed by atoms with E-state index in [2.05, 4.69) is 10.6 Å². The van der Waals surface area contributed by atoms with E-state index in [1.54, 1.807) is 12.1 Å². The minimum absolute atomic E-state index is 0.285. The van der Waals surface area contributed by atoms with E-state index in [0.29, 0.717) is 18.0 Å². The number of ether oxygens (including phenoxy) is 2. The van der Waals surface area contributed by atoms with E-state index in [0.717, 1.165) is 5.56 Å². The van der Waals surface area contributed by atoms with Crippen LogP contribution in [-0.2, 0) is 14.3 Å². The molecule has 0 aliphatic carbocycles. The van der Waals surface area contributed by atoms with Crippen LogP contribution in [0.4, 0.5) is 5.69 Å². The van der Waals surface area contributed by atoms with Gasteiger partial charge < -0.3 is 20.1 Å². The third kappa shape index (κ3) is 4.59. The van der Waals surface area contributed by atoms with Crippen molar-refractivity contribution in [3.05, 3.63) is 23.8 Å². The molecule has 0 saturated carbocycles. The number of hydrogen-bond acceptors (Lipinski definition) is 4. The van der Waals surface area contributed by atoms with Gasteiger partial charge in [-0.05, 0) is 24.6 Å². The molecule has 2 amide bonds. The van der Waals surface area contributed by atoms with Gasteiger partial charge in [0.1, 0.15) is 5.75 Å². The minimum atomic E-state index is -0.736. The second-order valence-electron chi connectivity index (χ2n) is 3.91. The first-order chi connectivity index (χ1) is 9.08. The molecule has 2 N–H and O–H groups in total. The number of anilines is 1. The zero-order valence-corrected chi connectivity index (χ0v) is 11.3. The fraction of sp³-hybridized carbons (Fsp3) is 0.385. The molecule has 1 rings (SSSR count). The Bertz CT molecular complexity index is 460. The van der Waals surface area contributed by atoms with E-state index < -0.39 is 11.8 Å². The van der Waals surface area contributed by atoms with Gasteiger partial charge in [-0.25, -0.2) is 0 Å². The molecule has 0 spiro atoms. The van der Waals surface area contributed by atoms with Crippen molar-refractivity contribution in [2.45, 2.75) is 6.92 Å². The van der Waals surface area contributed by atoms with E-state index in [9.17, 15) is 9.59 Å². The molecule has 1 aromatic carbocycles. The van der Waals surface area contributed by atoms with Gasteiger partial charge in [0.25, 0.3) is 0 Å². The number of carbonyl (C=O) groups is 2. The Morgan fingerprint density at radius 2 is 1.95 bits per heavy atom. The Labute approximate surface area is 112 Å². The lowest BCUT2D eigenvalue weighted by Crippen LogP contribution is -2.37. The van der Waals surface area contributed by atoms with E-state index >= 15 is 0 Å². The lowest BCUT2D eigenvalue weighted by atomic mass is 10.2. The summed E-state index contributed by atoms with van der Waals surface area (Å²) in [4.78, 5) is 23.2. The second-order valence-corrected chi connectivity index (χ2v) is 3.91. The van der Waals surface area contributed by atoms with Gasteiger partial charge in [-0.2, -0.15) is 0 Å². The zero-order chi connectivity index (χ0) is 14.3. The van der Waals surface area contributed by atoms with Crippen molar-refractivity contribution < 1.29 is 19.1 Å². The normalized spacial score (nSPS) is 9.84. The van der Waals surface area contributed by atoms with Crippen LogP contribution in [-0.4, -0.2) is 39.2 Å². The Morgan fingerprint density at radius 3 is 2.58 bits per heavy atom. The van der Waals surface area contributed by atoms with Crippen LogP contribution < -0.4 is 15.4 Å². The first kappa shape index (κ1) is 15.0. The van der Waals surface area contributed by atoms with Gasteiger partial charge >= 0.3 is 11.8 Å². The van der Waals surface area contributed by atoms with E-state index in [4.69, 9.17) is 9.47 Å². The predicted octanol–water partition coefficient (Wildman–Crippen LogP) is 0.705. The van der Waals surface area contributed by atoms with Crippen molar-refractivity contribution in [1.82, 2.24) is 5.32 Å². The molecule has 104 valence electrons. The van der Waals surface area contributed by atoms with Gasteiger partial charge in [0.15, 0.2) is 0 Å². The number of hydrogen-bond donors (Lipinski definition) is 2. The molecule has 0 aromatic heterocycles. The highest BCUT2D eigenvalue weighted by Gasteiger charge is 2.15. The number of amides is 2. The van der Waals surface area contributed by atoms with Gasteiger partial charge in [0.2, 0.25) is 0 Å². The molecule has 0 heterocycles. The van der Waals surface area contributed by atoms with Crippen LogP contribution >= 0.6 is 0 Å². The smallest absolute Gasteiger partial charge is 0.313 e. The SMILES string of the molecule is COCCNC(=O)C(=O)Nc1cc(C)ccc1OC. The van der Waals surface area contributed by atoms with E-state index in [1.807, 2.05) is 13.0 Å².